The lowest BCUT2D eigenvalue weighted by atomic mass is 9.42. The summed E-state index contributed by atoms with van der Waals surface area (Å²) in [5, 5.41) is 5.20. The van der Waals surface area contributed by atoms with Gasteiger partial charge in [0.05, 0.1) is 46.1 Å². The molecule has 6 aromatic carbocycles. The summed E-state index contributed by atoms with van der Waals surface area (Å²) in [6.07, 6.45) is 0. The summed E-state index contributed by atoms with van der Waals surface area (Å²) in [6, 6.07) is 18.2. The van der Waals surface area contributed by atoms with Crippen LogP contribution in [0.15, 0.2) is 48.5 Å². The average Bonchev–Trinajstić information content (AvgIpc) is 3.52. The first-order chi connectivity index (χ1) is 24.4. The molecule has 0 aliphatic rings. The van der Waals surface area contributed by atoms with Crippen LogP contribution in [0, 0.1) is 0 Å². The first-order valence-electron chi connectivity index (χ1n) is 19.0. The highest BCUT2D eigenvalue weighted by Gasteiger charge is 2.30. The Labute approximate surface area is 324 Å². The van der Waals surface area contributed by atoms with Gasteiger partial charge in [-0.25, -0.2) is 4.98 Å². The lowest BCUT2D eigenvalue weighted by Gasteiger charge is -2.30. The smallest absolute Gasteiger partial charge is 0.139 e. The molecule has 0 atom stereocenters. The third-order valence-corrected chi connectivity index (χ3v) is 13.3. The van der Waals surface area contributed by atoms with Crippen molar-refractivity contribution in [1.82, 2.24) is 9.55 Å². The zero-order chi connectivity index (χ0) is 37.9. The third kappa shape index (κ3) is 5.20. The number of rotatable bonds is 4. The summed E-state index contributed by atoms with van der Waals surface area (Å²) in [6.45, 7) is 0. The summed E-state index contributed by atoms with van der Waals surface area (Å²) >= 11 is 0. The van der Waals surface area contributed by atoms with Crippen LogP contribution in [0.1, 0.15) is 5.82 Å². The van der Waals surface area contributed by atoms with E-state index in [0.717, 1.165) is 16.9 Å². The van der Waals surface area contributed by atoms with Crippen molar-refractivity contribution in [2.24, 2.45) is 0 Å². The second-order valence-corrected chi connectivity index (χ2v) is 16.8. The third-order valence-electron chi connectivity index (χ3n) is 13.3. The van der Waals surface area contributed by atoms with Crippen LogP contribution in [0.25, 0.3) is 60.5 Å². The molecule has 0 saturated carbocycles. The number of fused-ring (bicyclic) bond motifs is 3. The molecule has 0 aliphatic carbocycles. The largest absolute Gasteiger partial charge is 0.296 e. The quantitative estimate of drug-likeness (QED) is 0.137. The number of hydrogen-bond donors (Lipinski definition) is 0. The summed E-state index contributed by atoms with van der Waals surface area (Å²) in [7, 11) is 36.9. The van der Waals surface area contributed by atoms with Crippen molar-refractivity contribution in [2.75, 3.05) is 0 Å². The van der Waals surface area contributed by atoms with Gasteiger partial charge >= 0.3 is 0 Å². The molecule has 0 radical (unpaired) electrons. The Morgan fingerprint density at radius 3 is 1.21 bits per heavy atom. The summed E-state index contributed by atoms with van der Waals surface area (Å²) in [4.78, 5) is 5.37. The van der Waals surface area contributed by atoms with Crippen LogP contribution in [-0.2, 0) is 5.11 Å². The number of nitrogens with zero attached hydrogens (tertiary/aromatic N) is 2. The Morgan fingerprint density at radius 1 is 0.404 bits per heavy atom. The van der Waals surface area contributed by atoms with Gasteiger partial charge in [0.2, 0.25) is 0 Å². The van der Waals surface area contributed by atoms with Gasteiger partial charge in [-0.3, -0.25) is 4.57 Å². The van der Waals surface area contributed by atoms with Crippen LogP contribution in [0.3, 0.4) is 0 Å². The molecule has 0 spiro atoms. The maximum absolute atomic E-state index is 5.37. The summed E-state index contributed by atoms with van der Waals surface area (Å²) in [5.41, 5.74) is 26.6. The van der Waals surface area contributed by atoms with Crippen molar-refractivity contribution >= 4 is 229 Å². The van der Waals surface area contributed by atoms with Crippen LogP contribution in [-0.4, -0.2) is 135 Å². The summed E-state index contributed by atoms with van der Waals surface area (Å²) in [5.74, 6) is 1.09. The van der Waals surface area contributed by atoms with E-state index in [1.807, 2.05) is 0 Å². The molecular weight excluding hydrogens is 609 g/mol. The number of imidazole rings is 1. The minimum atomic E-state index is -0.180. The van der Waals surface area contributed by atoms with Gasteiger partial charge in [0.1, 0.15) is 102 Å². The van der Waals surface area contributed by atoms with Crippen molar-refractivity contribution in [1.29, 1.82) is 0 Å². The molecule has 7 aromatic rings. The van der Waals surface area contributed by atoms with Gasteiger partial charge in [0, 0.05) is 0 Å². The van der Waals surface area contributed by atoms with Gasteiger partial charge in [-0.2, -0.15) is 0 Å². The fourth-order valence-corrected chi connectivity index (χ4v) is 9.10. The van der Waals surface area contributed by atoms with Crippen molar-refractivity contribution in [3.63, 3.8) is 0 Å². The van der Waals surface area contributed by atoms with E-state index in [1.165, 1.54) is 121 Å². The van der Waals surface area contributed by atoms with E-state index in [-0.39, 0.29) is 5.11 Å². The van der Waals surface area contributed by atoms with Crippen LogP contribution < -0.4 is 71.0 Å². The average molecular weight is 650 g/mol. The Hall–Kier alpha value is -3.65. The zero-order valence-corrected chi connectivity index (χ0v) is 34.5. The molecule has 0 bridgehead atoms. The molecule has 234 valence electrons. The van der Waals surface area contributed by atoms with Gasteiger partial charge in [0.25, 0.3) is 0 Å². The molecule has 0 N–H and O–H groups in total. The highest BCUT2D eigenvalue weighted by molar-refractivity contribution is 6.72. The second kappa shape index (κ2) is 12.7. The van der Waals surface area contributed by atoms with E-state index in [4.69, 9.17) is 4.98 Å². The monoisotopic (exact) mass is 652 g/mol. The molecule has 18 heteroatoms. The molecule has 0 unspecified atom stereocenters. The van der Waals surface area contributed by atoms with E-state index < -0.39 is 0 Å². The van der Waals surface area contributed by atoms with Gasteiger partial charge in [-0.05, 0) is 55.9 Å². The number of para-hydroxylation sites is 2. The van der Waals surface area contributed by atoms with E-state index in [0.29, 0.717) is 0 Å². The van der Waals surface area contributed by atoms with Crippen molar-refractivity contribution < 1.29 is 0 Å². The lowest BCUT2D eigenvalue weighted by molar-refractivity contribution is 0.940. The van der Waals surface area contributed by atoms with Crippen molar-refractivity contribution in [3.05, 3.63) is 54.4 Å². The second-order valence-electron chi connectivity index (χ2n) is 16.8. The molecule has 0 amide bonds. The fourth-order valence-electron chi connectivity index (χ4n) is 9.10. The standard InChI is InChI=1S/C34H40B16N2/c35-19-14(20(36)26(42)31(47)25(19)41)10-7-5-9(6-8-10)13-15-17(23(39)29(45)27(43)21(15)37)32(18-16(13)22(38)28(44)30(46)24(18)40)52-12-4-2-1-3-11(12)51-33(52)34(48,49)50/h1-8H,35-50H2. The first kappa shape index (κ1) is 36.7. The summed E-state index contributed by atoms with van der Waals surface area (Å²) < 4.78 is 2.53. The fraction of sp³-hybridized carbons (Fsp3) is 0.0294. The highest BCUT2D eigenvalue weighted by atomic mass is 15.1. The van der Waals surface area contributed by atoms with E-state index in [9.17, 15) is 0 Å². The van der Waals surface area contributed by atoms with Gasteiger partial charge < -0.3 is 0 Å². The van der Waals surface area contributed by atoms with E-state index in [1.54, 1.807) is 0 Å². The molecule has 7 rings (SSSR count). The minimum Gasteiger partial charge on any atom is -0.296 e. The van der Waals surface area contributed by atoms with Crippen LogP contribution in [0.5, 0.6) is 0 Å². The normalized spacial score (nSPS) is 11.9. The van der Waals surface area contributed by atoms with Crippen molar-refractivity contribution in [3.8, 4) is 27.9 Å². The SMILES string of the molecule is Bc1c(B)c(B)c(-c2ccc(-c3c4c(B)c(B)c(B)c(B)c4c(-n4c(C(B)(B)B)nc5ccccc54)c4c(B)c(B)c(B)c(B)c34)cc2)c(B)c1B. The number of hydrogen-bond acceptors (Lipinski definition) is 1. The lowest BCUT2D eigenvalue weighted by Crippen LogP contribution is -2.55. The predicted octanol–water partition coefficient (Wildman–Crippen LogP) is -17.0. The van der Waals surface area contributed by atoms with E-state index in [2.05, 4.69) is 179 Å². The van der Waals surface area contributed by atoms with Crippen LogP contribution in [0.4, 0.5) is 0 Å². The number of benzene rings is 6. The molecule has 0 fully saturated rings. The molecule has 0 saturated heterocycles. The molecule has 1 aromatic heterocycles. The Morgan fingerprint density at radius 2 is 0.769 bits per heavy atom. The van der Waals surface area contributed by atoms with Gasteiger partial charge in [-0.1, -0.05) is 74.3 Å². The molecule has 52 heavy (non-hydrogen) atoms. The maximum atomic E-state index is 5.37. The highest BCUT2D eigenvalue weighted by Crippen LogP contribution is 2.40. The first-order valence-corrected chi connectivity index (χ1v) is 19.0. The van der Waals surface area contributed by atoms with E-state index >= 15 is 0 Å². The maximum Gasteiger partial charge on any atom is 0.139 e. The van der Waals surface area contributed by atoms with Crippen LogP contribution >= 0.6 is 0 Å². The molecule has 1 heterocycles. The zero-order valence-electron chi connectivity index (χ0n) is 34.5. The van der Waals surface area contributed by atoms with Gasteiger partial charge in [-0.15, -0.1) is 38.2 Å². The van der Waals surface area contributed by atoms with Crippen LogP contribution in [0.2, 0.25) is 0 Å². The Balaban J connectivity index is 1.73. The van der Waals surface area contributed by atoms with Crippen molar-refractivity contribution in [2.45, 2.75) is 5.11 Å². The Bertz CT molecular complexity index is 2590. The Kier molecular flexibility index (Phi) is 8.99. The minimum absolute atomic E-state index is 0.180. The predicted molar refractivity (Wildman–Crippen MR) is 281 cm³/mol. The number of aromatic nitrogens is 2. The molecule has 0 aliphatic heterocycles. The molecule has 2 nitrogen and oxygen atoms in total. The van der Waals surface area contributed by atoms with Gasteiger partial charge in [0.15, 0.2) is 0 Å². The molecular formula is C34H40B16N2. The topological polar surface area (TPSA) is 17.8 Å².